The maximum Gasteiger partial charge on any atom is 0.339 e. The van der Waals surface area contributed by atoms with E-state index in [1.807, 2.05) is 39.8 Å². The Hall–Kier alpha value is -2.58. The van der Waals surface area contributed by atoms with Gasteiger partial charge in [-0.15, -0.1) is 0 Å². The van der Waals surface area contributed by atoms with E-state index in [0.717, 1.165) is 24.0 Å². The molecule has 0 spiro atoms. The molecular weight excluding hydrogens is 442 g/mol. The van der Waals surface area contributed by atoms with Crippen molar-refractivity contribution in [1.82, 2.24) is 0 Å². The van der Waals surface area contributed by atoms with Crippen molar-refractivity contribution in [2.75, 3.05) is 30.7 Å². The van der Waals surface area contributed by atoms with E-state index >= 15 is 0 Å². The summed E-state index contributed by atoms with van der Waals surface area (Å²) in [6, 6.07) is 9.69. The maximum atomic E-state index is 13.7. The minimum atomic E-state index is -3.99. The Bertz CT molecular complexity index is 1090. The Morgan fingerprint density at radius 3 is 2.45 bits per heavy atom. The molecule has 0 radical (unpaired) electrons. The van der Waals surface area contributed by atoms with Crippen molar-refractivity contribution >= 4 is 21.7 Å². The number of benzene rings is 2. The summed E-state index contributed by atoms with van der Waals surface area (Å²) in [5, 5.41) is 9.76. The molecule has 0 bridgehead atoms. The van der Waals surface area contributed by atoms with Gasteiger partial charge in [0.2, 0.25) is 0 Å². The minimum Gasteiger partial charge on any atom is -0.492 e. The van der Waals surface area contributed by atoms with Crippen LogP contribution in [-0.4, -0.2) is 45.9 Å². The number of carboxylic acid groups (broad SMARTS) is 1. The van der Waals surface area contributed by atoms with Gasteiger partial charge in [-0.05, 0) is 68.4 Å². The van der Waals surface area contributed by atoms with Gasteiger partial charge in [0.15, 0.2) is 0 Å². The summed E-state index contributed by atoms with van der Waals surface area (Å²) in [6.07, 6.45) is 1.71. The summed E-state index contributed by atoms with van der Waals surface area (Å²) >= 11 is 0. The van der Waals surface area contributed by atoms with E-state index in [4.69, 9.17) is 9.47 Å². The summed E-state index contributed by atoms with van der Waals surface area (Å²) < 4.78 is 39.9. The van der Waals surface area contributed by atoms with Crippen LogP contribution in [0.5, 0.6) is 5.75 Å². The van der Waals surface area contributed by atoms with E-state index in [0.29, 0.717) is 25.5 Å². The molecule has 1 fully saturated rings. The van der Waals surface area contributed by atoms with Gasteiger partial charge in [-0.1, -0.05) is 31.5 Å². The van der Waals surface area contributed by atoms with E-state index in [1.54, 1.807) is 6.07 Å². The normalized spacial score (nSPS) is 14.9. The summed E-state index contributed by atoms with van der Waals surface area (Å²) in [6.45, 7) is 9.71. The molecule has 0 atom stereocenters. The number of ether oxygens (including phenoxy) is 2. The number of anilines is 1. The Morgan fingerprint density at radius 2 is 1.85 bits per heavy atom. The van der Waals surface area contributed by atoms with Crippen molar-refractivity contribution in [3.05, 3.63) is 53.1 Å². The number of hydrogen-bond donors (Lipinski definition) is 1. The smallest absolute Gasteiger partial charge is 0.339 e. The summed E-state index contributed by atoms with van der Waals surface area (Å²) in [7, 11) is -3.99. The summed E-state index contributed by atoms with van der Waals surface area (Å²) in [4.78, 5) is 11.9. The fourth-order valence-electron chi connectivity index (χ4n) is 3.95. The number of aromatic carboxylic acids is 1. The number of rotatable bonds is 9. The predicted octanol–water partition coefficient (Wildman–Crippen LogP) is 4.66. The zero-order valence-corrected chi connectivity index (χ0v) is 20.5. The first-order valence-corrected chi connectivity index (χ1v) is 12.7. The van der Waals surface area contributed by atoms with E-state index in [9.17, 15) is 18.3 Å². The van der Waals surface area contributed by atoms with Crippen molar-refractivity contribution in [2.24, 2.45) is 11.8 Å². The zero-order chi connectivity index (χ0) is 24.2. The Morgan fingerprint density at radius 1 is 1.15 bits per heavy atom. The lowest BCUT2D eigenvalue weighted by Gasteiger charge is -2.28. The number of hydrogen-bond acceptors (Lipinski definition) is 5. The second kappa shape index (κ2) is 10.6. The molecule has 0 unspecified atom stereocenters. The molecule has 3 rings (SSSR count). The summed E-state index contributed by atoms with van der Waals surface area (Å²) in [5.41, 5.74) is 2.31. The highest BCUT2D eigenvalue weighted by molar-refractivity contribution is 7.92. The lowest BCUT2D eigenvalue weighted by Crippen LogP contribution is -2.35. The van der Waals surface area contributed by atoms with E-state index in [-0.39, 0.29) is 34.6 Å². The second-order valence-corrected chi connectivity index (χ2v) is 10.9. The lowest BCUT2D eigenvalue weighted by atomic mass is 10.0. The van der Waals surface area contributed by atoms with Crippen LogP contribution in [0.2, 0.25) is 0 Å². The highest BCUT2D eigenvalue weighted by atomic mass is 32.2. The minimum absolute atomic E-state index is 0.0704. The van der Waals surface area contributed by atoms with Crippen LogP contribution in [0.15, 0.2) is 41.3 Å². The number of nitrogens with zero attached hydrogens (tertiary/aromatic N) is 1. The van der Waals surface area contributed by atoms with Gasteiger partial charge in [0.25, 0.3) is 10.0 Å². The molecule has 8 heteroatoms. The monoisotopic (exact) mass is 475 g/mol. The molecule has 2 aromatic carbocycles. The third kappa shape index (κ3) is 6.06. The maximum absolute atomic E-state index is 13.7. The fraction of sp³-hybridized carbons (Fsp3) is 0.480. The Balaban J connectivity index is 1.95. The van der Waals surface area contributed by atoms with Gasteiger partial charge in [-0.25, -0.2) is 13.2 Å². The molecule has 1 N–H and O–H groups in total. The molecule has 2 aromatic rings. The van der Waals surface area contributed by atoms with Gasteiger partial charge >= 0.3 is 5.97 Å². The predicted molar refractivity (Wildman–Crippen MR) is 128 cm³/mol. The number of carbonyl (C=O) groups is 1. The molecule has 1 heterocycles. The lowest BCUT2D eigenvalue weighted by molar-refractivity contribution is 0.0490. The molecule has 1 aliphatic rings. The topological polar surface area (TPSA) is 93.1 Å². The van der Waals surface area contributed by atoms with Gasteiger partial charge in [0.05, 0.1) is 17.2 Å². The Labute approximate surface area is 196 Å². The molecule has 0 aliphatic carbocycles. The molecule has 0 saturated carbocycles. The molecule has 1 saturated heterocycles. The molecule has 0 aromatic heterocycles. The van der Waals surface area contributed by atoms with E-state index < -0.39 is 16.0 Å². The standard InChI is InChI=1S/C25H33NO6S/c1-17(2)15-26(23-7-5-18(3)13-19(23)4)33(29,30)21-6-8-24(22(14-21)25(27)28)32-16-20-9-11-31-12-10-20/h5-8,13-14,17,20H,9-12,15-16H2,1-4H3,(H,27,28). The van der Waals surface area contributed by atoms with Crippen LogP contribution in [0.4, 0.5) is 5.69 Å². The van der Waals surface area contributed by atoms with Crippen molar-refractivity contribution in [3.63, 3.8) is 0 Å². The highest BCUT2D eigenvalue weighted by Crippen LogP contribution is 2.31. The van der Waals surface area contributed by atoms with Crippen molar-refractivity contribution < 1.29 is 27.8 Å². The van der Waals surface area contributed by atoms with Crippen LogP contribution < -0.4 is 9.04 Å². The van der Waals surface area contributed by atoms with Crippen LogP contribution in [0.25, 0.3) is 0 Å². The SMILES string of the molecule is Cc1ccc(N(CC(C)C)S(=O)(=O)c2ccc(OCC3CCOCC3)c(C(=O)O)c2)c(C)c1. The zero-order valence-electron chi connectivity index (χ0n) is 19.7. The second-order valence-electron chi connectivity index (χ2n) is 9.05. The molecule has 7 nitrogen and oxygen atoms in total. The molecule has 0 amide bonds. The average molecular weight is 476 g/mol. The first kappa shape index (κ1) is 25.1. The fourth-order valence-corrected chi connectivity index (χ4v) is 5.67. The van der Waals surface area contributed by atoms with Gasteiger partial charge in [0, 0.05) is 19.8 Å². The third-order valence-electron chi connectivity index (χ3n) is 5.74. The molecule has 180 valence electrons. The molecule has 33 heavy (non-hydrogen) atoms. The molecule has 1 aliphatic heterocycles. The van der Waals surface area contributed by atoms with Crippen molar-refractivity contribution in [3.8, 4) is 5.75 Å². The van der Waals surface area contributed by atoms with Crippen LogP contribution in [-0.2, 0) is 14.8 Å². The van der Waals surface area contributed by atoms with Crippen LogP contribution in [0.3, 0.4) is 0 Å². The number of carboxylic acids is 1. The molecular formula is C25H33NO6S. The van der Waals surface area contributed by atoms with Gasteiger partial charge < -0.3 is 14.6 Å². The number of aryl methyl sites for hydroxylation is 2. The third-order valence-corrected chi connectivity index (χ3v) is 7.51. The first-order valence-electron chi connectivity index (χ1n) is 11.3. The average Bonchev–Trinajstić information content (AvgIpc) is 2.76. The van der Waals surface area contributed by atoms with Gasteiger partial charge in [-0.2, -0.15) is 0 Å². The summed E-state index contributed by atoms with van der Waals surface area (Å²) in [5.74, 6) is -0.692. The van der Waals surface area contributed by atoms with Gasteiger partial charge in [-0.3, -0.25) is 4.31 Å². The first-order chi connectivity index (χ1) is 15.6. The van der Waals surface area contributed by atoms with Crippen molar-refractivity contribution in [1.29, 1.82) is 0 Å². The van der Waals surface area contributed by atoms with Crippen LogP contribution in [0, 0.1) is 25.7 Å². The quantitative estimate of drug-likeness (QED) is 0.567. The van der Waals surface area contributed by atoms with Crippen LogP contribution >= 0.6 is 0 Å². The highest BCUT2D eigenvalue weighted by Gasteiger charge is 2.29. The number of sulfonamides is 1. The van der Waals surface area contributed by atoms with E-state index in [1.165, 1.54) is 22.5 Å². The van der Waals surface area contributed by atoms with Crippen LogP contribution in [0.1, 0.15) is 48.2 Å². The van der Waals surface area contributed by atoms with E-state index in [2.05, 4.69) is 0 Å². The van der Waals surface area contributed by atoms with Gasteiger partial charge in [0.1, 0.15) is 11.3 Å². The van der Waals surface area contributed by atoms with Crippen molar-refractivity contribution in [2.45, 2.75) is 45.4 Å². The Kier molecular flexibility index (Phi) is 8.02. The largest absolute Gasteiger partial charge is 0.492 e.